The molecule has 84 valence electrons. The van der Waals surface area contributed by atoms with E-state index in [1.165, 1.54) is 0 Å². The molecule has 0 fully saturated rings. The van der Waals surface area contributed by atoms with Gasteiger partial charge < -0.3 is 4.74 Å². The summed E-state index contributed by atoms with van der Waals surface area (Å²) < 4.78 is 29.9. The molecule has 0 amide bonds. The van der Waals surface area contributed by atoms with Crippen molar-refractivity contribution < 1.29 is 13.2 Å². The minimum atomic E-state index is -3.13. The minimum Gasteiger partial charge on any atom is -0.491 e. The van der Waals surface area contributed by atoms with Gasteiger partial charge in [-0.3, -0.25) is 0 Å². The molecule has 15 heavy (non-hydrogen) atoms. The molecule has 1 heterocycles. The molecule has 1 rings (SSSR count). The summed E-state index contributed by atoms with van der Waals surface area (Å²) in [5.41, 5.74) is 0. The van der Waals surface area contributed by atoms with Gasteiger partial charge in [0.05, 0.1) is 12.5 Å². The number of pyridine rings is 1. The van der Waals surface area contributed by atoms with Gasteiger partial charge in [-0.15, -0.1) is 0 Å². The zero-order chi connectivity index (χ0) is 11.3. The van der Waals surface area contributed by atoms with Gasteiger partial charge in [-0.1, -0.05) is 0 Å². The number of hydrogen-bond donors (Lipinski definition) is 1. The highest BCUT2D eigenvalue weighted by Gasteiger charge is 1.99. The Hall–Kier alpha value is -0.410. The lowest BCUT2D eigenvalue weighted by Crippen LogP contribution is -2.26. The molecule has 0 aliphatic carbocycles. The van der Waals surface area contributed by atoms with Crippen molar-refractivity contribution in [3.63, 3.8) is 0 Å². The monoisotopic (exact) mass is 342 g/mol. The third-order valence-electron chi connectivity index (χ3n) is 1.44. The van der Waals surface area contributed by atoms with Gasteiger partial charge >= 0.3 is 0 Å². The fourth-order valence-corrected chi connectivity index (χ4v) is 1.62. The maximum absolute atomic E-state index is 10.7. The SMILES string of the molecule is CS(=O)(=O)NCCOc1ccc(I)nc1. The molecule has 0 saturated heterocycles. The topological polar surface area (TPSA) is 68.3 Å². The van der Waals surface area contributed by atoms with Crippen molar-refractivity contribution in [1.82, 2.24) is 9.71 Å². The van der Waals surface area contributed by atoms with Crippen LogP contribution in [0.15, 0.2) is 18.3 Å². The van der Waals surface area contributed by atoms with Crippen molar-refractivity contribution in [2.75, 3.05) is 19.4 Å². The second kappa shape index (κ2) is 5.61. The normalized spacial score (nSPS) is 11.3. The van der Waals surface area contributed by atoms with E-state index in [1.54, 1.807) is 12.3 Å². The lowest BCUT2D eigenvalue weighted by atomic mass is 10.5. The van der Waals surface area contributed by atoms with Gasteiger partial charge in [-0.05, 0) is 34.7 Å². The number of ether oxygens (including phenoxy) is 1. The zero-order valence-corrected chi connectivity index (χ0v) is 11.1. The van der Waals surface area contributed by atoms with Crippen LogP contribution >= 0.6 is 22.6 Å². The summed E-state index contributed by atoms with van der Waals surface area (Å²) in [4.78, 5) is 4.03. The molecule has 0 aromatic carbocycles. The first-order valence-electron chi connectivity index (χ1n) is 4.16. The van der Waals surface area contributed by atoms with E-state index in [0.717, 1.165) is 9.96 Å². The Morgan fingerprint density at radius 2 is 2.27 bits per heavy atom. The van der Waals surface area contributed by atoms with Crippen LogP contribution in [0.2, 0.25) is 0 Å². The highest BCUT2D eigenvalue weighted by atomic mass is 127. The first kappa shape index (κ1) is 12.7. The van der Waals surface area contributed by atoms with Crippen LogP contribution in [0.25, 0.3) is 0 Å². The summed E-state index contributed by atoms with van der Waals surface area (Å²) in [5, 5.41) is 0. The van der Waals surface area contributed by atoms with E-state index < -0.39 is 10.0 Å². The largest absolute Gasteiger partial charge is 0.491 e. The molecule has 0 spiro atoms. The smallest absolute Gasteiger partial charge is 0.208 e. The van der Waals surface area contributed by atoms with E-state index in [-0.39, 0.29) is 13.2 Å². The summed E-state index contributed by atoms with van der Waals surface area (Å²) in [6, 6.07) is 3.61. The third-order valence-corrected chi connectivity index (χ3v) is 2.80. The minimum absolute atomic E-state index is 0.255. The van der Waals surface area contributed by atoms with Crippen LogP contribution in [-0.2, 0) is 10.0 Å². The third kappa shape index (κ3) is 5.90. The highest BCUT2D eigenvalue weighted by molar-refractivity contribution is 14.1. The van der Waals surface area contributed by atoms with E-state index in [2.05, 4.69) is 32.3 Å². The zero-order valence-electron chi connectivity index (χ0n) is 8.10. The lowest BCUT2D eigenvalue weighted by molar-refractivity contribution is 0.321. The Balaban J connectivity index is 2.29. The Morgan fingerprint density at radius 1 is 1.53 bits per heavy atom. The Labute approximate surface area is 102 Å². The lowest BCUT2D eigenvalue weighted by Gasteiger charge is -2.05. The molecular formula is C8H11IN2O3S. The number of sulfonamides is 1. The molecule has 7 heteroatoms. The summed E-state index contributed by atoms with van der Waals surface area (Å²) in [5.74, 6) is 0.630. The molecule has 0 saturated carbocycles. The van der Waals surface area contributed by atoms with Crippen molar-refractivity contribution in [1.29, 1.82) is 0 Å². The van der Waals surface area contributed by atoms with E-state index in [4.69, 9.17) is 4.74 Å². The van der Waals surface area contributed by atoms with E-state index in [1.807, 2.05) is 6.07 Å². The number of nitrogens with zero attached hydrogens (tertiary/aromatic N) is 1. The predicted molar refractivity (Wildman–Crippen MR) is 65.3 cm³/mol. The van der Waals surface area contributed by atoms with Gasteiger partial charge in [0.1, 0.15) is 16.1 Å². The molecular weight excluding hydrogens is 331 g/mol. The van der Waals surface area contributed by atoms with E-state index in [9.17, 15) is 8.42 Å². The van der Waals surface area contributed by atoms with Gasteiger partial charge in [0, 0.05) is 6.54 Å². The molecule has 0 aliphatic rings. The maximum atomic E-state index is 10.7. The maximum Gasteiger partial charge on any atom is 0.208 e. The first-order valence-corrected chi connectivity index (χ1v) is 7.13. The van der Waals surface area contributed by atoms with Crippen molar-refractivity contribution in [2.45, 2.75) is 0 Å². The van der Waals surface area contributed by atoms with Crippen molar-refractivity contribution >= 4 is 32.6 Å². The fourth-order valence-electron chi connectivity index (χ4n) is 0.844. The predicted octanol–water partition coefficient (Wildman–Crippen LogP) is 0.614. The van der Waals surface area contributed by atoms with Gasteiger partial charge in [0.2, 0.25) is 10.0 Å². The number of rotatable bonds is 5. The molecule has 0 unspecified atom stereocenters. The fraction of sp³-hybridized carbons (Fsp3) is 0.375. The summed E-state index contributed by atoms with van der Waals surface area (Å²) in [6.45, 7) is 0.542. The average Bonchev–Trinajstić information content (AvgIpc) is 2.14. The quantitative estimate of drug-likeness (QED) is 0.484. The van der Waals surface area contributed by atoms with Crippen LogP contribution in [0.3, 0.4) is 0 Å². The molecule has 0 radical (unpaired) electrons. The highest BCUT2D eigenvalue weighted by Crippen LogP contribution is 2.09. The van der Waals surface area contributed by atoms with Crippen molar-refractivity contribution in [3.05, 3.63) is 22.0 Å². The average molecular weight is 342 g/mol. The molecule has 0 bridgehead atoms. The van der Waals surface area contributed by atoms with Gasteiger partial charge in [-0.25, -0.2) is 18.1 Å². The first-order chi connectivity index (χ1) is 6.97. The molecule has 1 aromatic heterocycles. The van der Waals surface area contributed by atoms with Crippen LogP contribution in [0.1, 0.15) is 0 Å². The van der Waals surface area contributed by atoms with Crippen LogP contribution in [0, 0.1) is 3.70 Å². The Kier molecular flexibility index (Phi) is 4.74. The summed E-state index contributed by atoms with van der Waals surface area (Å²) >= 11 is 2.09. The Morgan fingerprint density at radius 3 is 2.80 bits per heavy atom. The molecule has 1 N–H and O–H groups in total. The van der Waals surface area contributed by atoms with Crippen LogP contribution < -0.4 is 9.46 Å². The van der Waals surface area contributed by atoms with E-state index in [0.29, 0.717) is 5.75 Å². The summed E-state index contributed by atoms with van der Waals surface area (Å²) in [6.07, 6.45) is 2.71. The van der Waals surface area contributed by atoms with Crippen molar-refractivity contribution in [3.8, 4) is 5.75 Å². The molecule has 0 aliphatic heterocycles. The number of halogens is 1. The van der Waals surface area contributed by atoms with Gasteiger partial charge in [0.15, 0.2) is 0 Å². The molecule has 5 nitrogen and oxygen atoms in total. The van der Waals surface area contributed by atoms with Crippen LogP contribution in [-0.4, -0.2) is 32.8 Å². The Bertz CT molecular complexity index is 404. The van der Waals surface area contributed by atoms with Gasteiger partial charge in [-0.2, -0.15) is 0 Å². The van der Waals surface area contributed by atoms with Gasteiger partial charge in [0.25, 0.3) is 0 Å². The van der Waals surface area contributed by atoms with Crippen molar-refractivity contribution in [2.24, 2.45) is 0 Å². The standard InChI is InChI=1S/C8H11IN2O3S/c1-15(12,13)11-4-5-14-7-2-3-8(9)10-6-7/h2-3,6,11H,4-5H2,1H3. The molecule has 1 aromatic rings. The summed E-state index contributed by atoms with van der Waals surface area (Å²) in [7, 11) is -3.13. The van der Waals surface area contributed by atoms with E-state index >= 15 is 0 Å². The van der Waals surface area contributed by atoms with Crippen LogP contribution in [0.4, 0.5) is 0 Å². The number of aromatic nitrogens is 1. The number of hydrogen-bond acceptors (Lipinski definition) is 4. The van der Waals surface area contributed by atoms with Crippen LogP contribution in [0.5, 0.6) is 5.75 Å². The second-order valence-electron chi connectivity index (χ2n) is 2.83. The number of nitrogens with one attached hydrogen (secondary N) is 1. The second-order valence-corrected chi connectivity index (χ2v) is 5.77. The molecule has 0 atom stereocenters.